The number of hydrogen-bond donors (Lipinski definition) is 2. The fraction of sp³-hybridized carbons (Fsp3) is 0.286. The highest BCUT2D eigenvalue weighted by atomic mass is 16.2. The highest BCUT2D eigenvalue weighted by Gasteiger charge is 2.40. The van der Waals surface area contributed by atoms with E-state index in [2.05, 4.69) is 10.3 Å². The summed E-state index contributed by atoms with van der Waals surface area (Å²) in [5.41, 5.74) is 5.98. The minimum atomic E-state index is -1.18. The lowest BCUT2D eigenvalue weighted by Gasteiger charge is -2.34. The lowest BCUT2D eigenvalue weighted by atomic mass is 9.61. The predicted octanol–water partition coefficient (Wildman–Crippen LogP) is -1.81. The summed E-state index contributed by atoms with van der Waals surface area (Å²) in [5, 5.41) is 2.20. The Labute approximate surface area is 141 Å². The van der Waals surface area contributed by atoms with Crippen LogP contribution in [0.25, 0.3) is 10.9 Å². The highest BCUT2D eigenvalue weighted by molar-refractivity contribution is 6.37. The number of rotatable bonds is 1. The third-order valence-corrected chi connectivity index (χ3v) is 4.20. The van der Waals surface area contributed by atoms with E-state index in [1.54, 1.807) is 19.1 Å². The van der Waals surface area contributed by atoms with Gasteiger partial charge in [-0.05, 0) is 24.6 Å². The Morgan fingerprint density at radius 1 is 1.21 bits per heavy atom. The van der Waals surface area contributed by atoms with E-state index in [1.807, 2.05) is 0 Å². The van der Waals surface area contributed by atoms with Crippen molar-refractivity contribution in [3.63, 3.8) is 0 Å². The Bertz CT molecular complexity index is 943. The number of aromatic nitrogens is 2. The highest BCUT2D eigenvalue weighted by Crippen LogP contribution is 2.34. The van der Waals surface area contributed by atoms with Crippen molar-refractivity contribution in [3.05, 3.63) is 28.3 Å². The Morgan fingerprint density at radius 2 is 1.88 bits per heavy atom. The van der Waals surface area contributed by atoms with E-state index in [9.17, 15) is 14.4 Å². The molecule has 2 aromatic rings. The van der Waals surface area contributed by atoms with Crippen molar-refractivity contribution in [2.75, 3.05) is 5.73 Å². The molecule has 0 aliphatic carbocycles. The number of imide groups is 1. The van der Waals surface area contributed by atoms with Gasteiger partial charge in [-0.25, -0.2) is 4.98 Å². The summed E-state index contributed by atoms with van der Waals surface area (Å²) >= 11 is 0. The van der Waals surface area contributed by atoms with Crippen molar-refractivity contribution in [1.82, 2.24) is 14.9 Å². The number of carbonyl (C=O) groups excluding carboxylic acids is 2. The number of nitrogens with one attached hydrogen (secondary N) is 1. The molecule has 114 valence electrons. The molecule has 3 rings (SSSR count). The minimum absolute atomic E-state index is 0.0731. The zero-order valence-electron chi connectivity index (χ0n) is 12.8. The molecule has 0 spiro atoms. The van der Waals surface area contributed by atoms with Crippen LogP contribution in [-0.2, 0) is 9.59 Å². The molecule has 0 saturated carbocycles. The van der Waals surface area contributed by atoms with Crippen LogP contribution >= 0.6 is 0 Å². The van der Waals surface area contributed by atoms with E-state index < -0.39 is 35.0 Å². The summed E-state index contributed by atoms with van der Waals surface area (Å²) in [6, 6.07) is 1.93. The van der Waals surface area contributed by atoms with Crippen LogP contribution in [0.2, 0.25) is 11.6 Å². The number of amides is 2. The lowest BCUT2D eigenvalue weighted by molar-refractivity contribution is -0.135. The van der Waals surface area contributed by atoms with E-state index in [0.717, 1.165) is 4.57 Å². The number of nitrogens with two attached hydrogens (primary N) is 1. The van der Waals surface area contributed by atoms with Crippen molar-refractivity contribution in [1.29, 1.82) is 0 Å². The van der Waals surface area contributed by atoms with Crippen LogP contribution in [-0.4, -0.2) is 44.9 Å². The first kappa shape index (κ1) is 16.4. The summed E-state index contributed by atoms with van der Waals surface area (Å²) in [5.74, 6) is -3.37. The number of fused-ring (bicyclic) bond motifs is 1. The molecule has 0 bridgehead atoms. The van der Waals surface area contributed by atoms with E-state index in [0.29, 0.717) is 5.52 Å². The summed E-state index contributed by atoms with van der Waals surface area (Å²) in [6.07, 6.45) is 0. The monoisotopic (exact) mass is 316 g/mol. The Balaban J connectivity index is 2.30. The molecule has 6 radical (unpaired) electrons. The molecule has 1 fully saturated rings. The molecule has 3 N–H and O–H groups in total. The summed E-state index contributed by atoms with van der Waals surface area (Å²) in [7, 11) is 17.4. The molecular formula is C14H11B3N4O3. The maximum Gasteiger partial charge on any atom is 0.264 e. The molecule has 24 heavy (non-hydrogen) atoms. The van der Waals surface area contributed by atoms with Gasteiger partial charge in [0.25, 0.3) is 5.56 Å². The lowest BCUT2D eigenvalue weighted by Crippen LogP contribution is -2.50. The number of nitrogen functional groups attached to an aromatic ring is 1. The van der Waals surface area contributed by atoms with Gasteiger partial charge in [-0.1, -0.05) is 11.5 Å². The van der Waals surface area contributed by atoms with Crippen LogP contribution in [0, 0.1) is 6.92 Å². The average molecular weight is 316 g/mol. The van der Waals surface area contributed by atoms with Gasteiger partial charge in [0.2, 0.25) is 11.8 Å². The molecule has 2 heterocycles. The van der Waals surface area contributed by atoms with Gasteiger partial charge in [0.1, 0.15) is 19.7 Å². The quantitative estimate of drug-likeness (QED) is 0.366. The first-order chi connectivity index (χ1) is 11.2. The van der Waals surface area contributed by atoms with Crippen LogP contribution in [0.3, 0.4) is 0 Å². The molecule has 7 nitrogen and oxygen atoms in total. The minimum Gasteiger partial charge on any atom is -0.398 e. The first-order valence-corrected chi connectivity index (χ1v) is 7.16. The fourth-order valence-electron chi connectivity index (χ4n) is 2.88. The number of carbonyl (C=O) groups is 2. The number of anilines is 1. The van der Waals surface area contributed by atoms with Crippen molar-refractivity contribution < 1.29 is 9.59 Å². The van der Waals surface area contributed by atoms with Gasteiger partial charge in [-0.3, -0.25) is 24.3 Å². The maximum atomic E-state index is 12.9. The molecule has 1 aromatic heterocycles. The van der Waals surface area contributed by atoms with E-state index >= 15 is 0 Å². The van der Waals surface area contributed by atoms with Gasteiger partial charge < -0.3 is 5.73 Å². The van der Waals surface area contributed by atoms with Gasteiger partial charge in [0, 0.05) is 5.69 Å². The standard InChI is InChI=1S/C14H11B3N4O3/c1-4-19-6-3-2-5(15)10(18)7(6)14(24)21(4)11-8(16)9(17)12(22)20-13(11)23/h2-3,8-9,11H,18H2,1H3,(H,20,22,23). The predicted molar refractivity (Wildman–Crippen MR) is 91.7 cm³/mol. The van der Waals surface area contributed by atoms with Crippen LogP contribution in [0.1, 0.15) is 11.9 Å². The molecular weight excluding hydrogens is 305 g/mol. The summed E-state index contributed by atoms with van der Waals surface area (Å²) in [4.78, 5) is 41.1. The van der Waals surface area contributed by atoms with Crippen molar-refractivity contribution in [2.24, 2.45) is 0 Å². The molecule has 10 heteroatoms. The Hall–Kier alpha value is -2.51. The van der Waals surface area contributed by atoms with Crippen LogP contribution < -0.4 is 22.1 Å². The average Bonchev–Trinajstić information content (AvgIpc) is 2.51. The number of piperidine rings is 1. The smallest absolute Gasteiger partial charge is 0.264 e. The topological polar surface area (TPSA) is 107 Å². The van der Waals surface area contributed by atoms with Gasteiger partial charge in [-0.2, -0.15) is 0 Å². The van der Waals surface area contributed by atoms with E-state index in [4.69, 9.17) is 29.3 Å². The van der Waals surface area contributed by atoms with Gasteiger partial charge in [0.05, 0.1) is 26.6 Å². The molecule has 2 amide bonds. The van der Waals surface area contributed by atoms with Crippen molar-refractivity contribution >= 4 is 57.4 Å². The summed E-state index contributed by atoms with van der Waals surface area (Å²) < 4.78 is 1.10. The van der Waals surface area contributed by atoms with Crippen LogP contribution in [0.5, 0.6) is 0 Å². The van der Waals surface area contributed by atoms with E-state index in [1.165, 1.54) is 0 Å². The molecule has 1 aliphatic heterocycles. The van der Waals surface area contributed by atoms with Gasteiger partial charge in [-0.15, -0.1) is 0 Å². The van der Waals surface area contributed by atoms with Crippen molar-refractivity contribution in [3.8, 4) is 0 Å². The normalized spacial score (nSPS) is 24.1. The Kier molecular flexibility index (Phi) is 3.78. The van der Waals surface area contributed by atoms with Crippen LogP contribution in [0.4, 0.5) is 5.69 Å². The zero-order chi connectivity index (χ0) is 17.8. The van der Waals surface area contributed by atoms with Crippen LogP contribution in [0.15, 0.2) is 16.9 Å². The molecule has 1 saturated heterocycles. The maximum absolute atomic E-state index is 12.9. The van der Waals surface area contributed by atoms with Crippen molar-refractivity contribution in [2.45, 2.75) is 24.6 Å². The Morgan fingerprint density at radius 3 is 2.54 bits per heavy atom. The first-order valence-electron chi connectivity index (χ1n) is 7.16. The fourth-order valence-corrected chi connectivity index (χ4v) is 2.88. The number of benzene rings is 1. The number of hydrogen-bond acceptors (Lipinski definition) is 5. The molecule has 1 aromatic carbocycles. The third kappa shape index (κ3) is 2.25. The zero-order valence-corrected chi connectivity index (χ0v) is 12.8. The second-order valence-corrected chi connectivity index (χ2v) is 5.70. The molecule has 3 atom stereocenters. The number of nitrogens with zero attached hydrogens (tertiary/aromatic N) is 2. The SMILES string of the molecule is [B]c1ccc2nc(C)n(C3C(=O)NC(=O)C([B])C3[B])c(=O)c2c1N. The number of aryl methyl sites for hydroxylation is 1. The second-order valence-electron chi connectivity index (χ2n) is 5.70. The van der Waals surface area contributed by atoms with E-state index in [-0.39, 0.29) is 22.4 Å². The summed E-state index contributed by atoms with van der Waals surface area (Å²) in [6.45, 7) is 1.55. The third-order valence-electron chi connectivity index (χ3n) is 4.20. The van der Waals surface area contributed by atoms with Gasteiger partial charge >= 0.3 is 0 Å². The second kappa shape index (κ2) is 5.54. The molecule has 3 unspecified atom stereocenters. The largest absolute Gasteiger partial charge is 0.398 e. The van der Waals surface area contributed by atoms with Gasteiger partial charge in [0.15, 0.2) is 0 Å². The molecule has 1 aliphatic rings.